The maximum atomic E-state index is 10.3. The van der Waals surface area contributed by atoms with Crippen LogP contribution >= 0.6 is 47.8 Å². The second-order valence-corrected chi connectivity index (χ2v) is 3.85. The quantitative estimate of drug-likeness (QED) is 0.735. The molecule has 1 heterocycles. The highest BCUT2D eigenvalue weighted by atomic mass is 79.9. The van der Waals surface area contributed by atoms with Crippen LogP contribution in [0.5, 0.6) is 0 Å². The van der Waals surface area contributed by atoms with Crippen LogP contribution in [0.15, 0.2) is 13.8 Å². The van der Waals surface area contributed by atoms with Gasteiger partial charge in [0.15, 0.2) is 6.29 Å². The molecule has 0 fully saturated rings. The van der Waals surface area contributed by atoms with Gasteiger partial charge in [-0.15, -0.1) is 0 Å². The third-order valence-electron chi connectivity index (χ3n) is 0.908. The lowest BCUT2D eigenvalue weighted by Gasteiger charge is -1.97. The minimum Gasteiger partial charge on any atom is -0.296 e. The van der Waals surface area contributed by atoms with E-state index in [1.54, 1.807) is 0 Å². The van der Waals surface area contributed by atoms with Gasteiger partial charge >= 0.3 is 0 Å². The van der Waals surface area contributed by atoms with Crippen molar-refractivity contribution in [1.29, 1.82) is 0 Å². The highest BCUT2D eigenvalue weighted by Crippen LogP contribution is 2.21. The summed E-state index contributed by atoms with van der Waals surface area (Å²) in [4.78, 5) is 18.1. The topological polar surface area (TPSA) is 42.9 Å². The van der Waals surface area contributed by atoms with Crippen molar-refractivity contribution in [2.75, 3.05) is 0 Å². The standard InChI is InChI=1S/C5HBr3N2O/c6-3-2(1-11)9-4(7)5(8)10-3/h1H. The van der Waals surface area contributed by atoms with Crippen molar-refractivity contribution in [3.63, 3.8) is 0 Å². The number of hydrogen-bond acceptors (Lipinski definition) is 3. The third-order valence-corrected chi connectivity index (χ3v) is 3.13. The minimum atomic E-state index is 0.278. The Hall–Kier alpha value is 0.190. The summed E-state index contributed by atoms with van der Waals surface area (Å²) in [5.74, 6) is 0. The zero-order chi connectivity index (χ0) is 8.43. The molecule has 0 saturated heterocycles. The first-order valence-corrected chi connectivity index (χ1v) is 4.86. The monoisotopic (exact) mass is 342 g/mol. The molecule has 0 amide bonds. The number of halogens is 3. The lowest BCUT2D eigenvalue weighted by atomic mass is 10.5. The predicted molar refractivity (Wildman–Crippen MR) is 50.5 cm³/mol. The summed E-state index contributed by atoms with van der Waals surface area (Å²) in [6.45, 7) is 0. The number of carbonyl (C=O) groups is 1. The van der Waals surface area contributed by atoms with Crippen LogP contribution < -0.4 is 0 Å². The first-order valence-electron chi connectivity index (χ1n) is 2.49. The second-order valence-electron chi connectivity index (χ2n) is 1.60. The van der Waals surface area contributed by atoms with Crippen molar-refractivity contribution in [3.8, 4) is 0 Å². The van der Waals surface area contributed by atoms with Gasteiger partial charge in [0.1, 0.15) is 19.5 Å². The molecule has 1 aromatic heterocycles. The number of nitrogens with zero attached hydrogens (tertiary/aromatic N) is 2. The molecule has 6 heteroatoms. The van der Waals surface area contributed by atoms with Gasteiger partial charge in [-0.2, -0.15) is 0 Å². The SMILES string of the molecule is O=Cc1nc(Br)c(Br)nc1Br. The molecule has 0 saturated carbocycles. The molecule has 0 unspecified atom stereocenters. The van der Waals surface area contributed by atoms with E-state index in [9.17, 15) is 4.79 Å². The summed E-state index contributed by atoms with van der Waals surface area (Å²) in [6, 6.07) is 0. The molecule has 1 rings (SSSR count). The van der Waals surface area contributed by atoms with Crippen molar-refractivity contribution in [1.82, 2.24) is 9.97 Å². The second kappa shape index (κ2) is 3.73. The fourth-order valence-electron chi connectivity index (χ4n) is 0.463. The van der Waals surface area contributed by atoms with Crippen LogP contribution in [0.4, 0.5) is 0 Å². The van der Waals surface area contributed by atoms with Crippen LogP contribution in [0.3, 0.4) is 0 Å². The zero-order valence-electron chi connectivity index (χ0n) is 5.01. The van der Waals surface area contributed by atoms with Crippen molar-refractivity contribution < 1.29 is 4.79 Å². The van der Waals surface area contributed by atoms with Gasteiger partial charge in [-0.25, -0.2) is 9.97 Å². The highest BCUT2D eigenvalue weighted by molar-refractivity contribution is 9.13. The van der Waals surface area contributed by atoms with E-state index in [0.717, 1.165) is 0 Å². The van der Waals surface area contributed by atoms with E-state index in [1.807, 2.05) is 0 Å². The zero-order valence-corrected chi connectivity index (χ0v) is 9.77. The van der Waals surface area contributed by atoms with E-state index in [4.69, 9.17) is 0 Å². The molecular formula is C5HBr3N2O. The van der Waals surface area contributed by atoms with E-state index in [0.29, 0.717) is 20.1 Å². The Morgan fingerprint density at radius 1 is 1.00 bits per heavy atom. The molecule has 0 N–H and O–H groups in total. The first-order chi connectivity index (χ1) is 5.15. The van der Waals surface area contributed by atoms with Crippen molar-refractivity contribution in [2.45, 2.75) is 0 Å². The van der Waals surface area contributed by atoms with E-state index in [2.05, 4.69) is 57.8 Å². The average molecular weight is 345 g/mol. The van der Waals surface area contributed by atoms with Gasteiger partial charge in [0.2, 0.25) is 0 Å². The molecular weight excluding hydrogens is 344 g/mol. The molecule has 1 aromatic rings. The van der Waals surface area contributed by atoms with Crippen LogP contribution in [0, 0.1) is 0 Å². The highest BCUT2D eigenvalue weighted by Gasteiger charge is 2.06. The molecule has 0 bridgehead atoms. The molecule has 0 spiro atoms. The van der Waals surface area contributed by atoms with Gasteiger partial charge in [-0.3, -0.25) is 4.79 Å². The summed E-state index contributed by atoms with van der Waals surface area (Å²) in [6.07, 6.45) is 0.633. The fraction of sp³-hybridized carbons (Fsp3) is 0. The van der Waals surface area contributed by atoms with Gasteiger partial charge in [0, 0.05) is 0 Å². The summed E-state index contributed by atoms with van der Waals surface area (Å²) >= 11 is 9.35. The Morgan fingerprint density at radius 2 is 1.55 bits per heavy atom. The lowest BCUT2D eigenvalue weighted by molar-refractivity contribution is 0.111. The third kappa shape index (κ3) is 2.07. The Labute approximate surface area is 88.0 Å². The van der Waals surface area contributed by atoms with Crippen LogP contribution in [0.25, 0.3) is 0 Å². The van der Waals surface area contributed by atoms with Gasteiger partial charge in [0.05, 0.1) is 0 Å². The molecule has 58 valence electrons. The number of rotatable bonds is 1. The van der Waals surface area contributed by atoms with Crippen molar-refractivity contribution in [2.24, 2.45) is 0 Å². The van der Waals surface area contributed by atoms with Crippen LogP contribution in [-0.4, -0.2) is 16.3 Å². The van der Waals surface area contributed by atoms with Crippen molar-refractivity contribution in [3.05, 3.63) is 19.5 Å². The van der Waals surface area contributed by atoms with E-state index in [-0.39, 0.29) is 5.69 Å². The number of aldehydes is 1. The minimum absolute atomic E-state index is 0.278. The first kappa shape index (κ1) is 9.28. The van der Waals surface area contributed by atoms with Gasteiger partial charge in [-0.1, -0.05) is 0 Å². The fourth-order valence-corrected chi connectivity index (χ4v) is 1.61. The van der Waals surface area contributed by atoms with Crippen LogP contribution in [0.2, 0.25) is 0 Å². The summed E-state index contributed by atoms with van der Waals surface area (Å²) in [7, 11) is 0. The predicted octanol–water partition coefficient (Wildman–Crippen LogP) is 2.58. The largest absolute Gasteiger partial charge is 0.296 e. The van der Waals surface area contributed by atoms with Crippen molar-refractivity contribution >= 4 is 54.1 Å². The van der Waals surface area contributed by atoms with Crippen LogP contribution in [0.1, 0.15) is 10.5 Å². The molecule has 0 atom stereocenters. The van der Waals surface area contributed by atoms with Gasteiger partial charge in [0.25, 0.3) is 0 Å². The molecule has 0 aromatic carbocycles. The molecule has 11 heavy (non-hydrogen) atoms. The molecule has 0 aliphatic rings. The molecule has 0 radical (unpaired) electrons. The van der Waals surface area contributed by atoms with E-state index < -0.39 is 0 Å². The smallest absolute Gasteiger partial charge is 0.171 e. The van der Waals surface area contributed by atoms with Gasteiger partial charge < -0.3 is 0 Å². The summed E-state index contributed by atoms with van der Waals surface area (Å²) in [5, 5.41) is 0. The lowest BCUT2D eigenvalue weighted by Crippen LogP contribution is -1.93. The Bertz CT molecular complexity index is 302. The molecule has 3 nitrogen and oxygen atoms in total. The van der Waals surface area contributed by atoms with E-state index in [1.165, 1.54) is 0 Å². The Morgan fingerprint density at radius 3 is 2.09 bits per heavy atom. The van der Waals surface area contributed by atoms with Crippen LogP contribution in [-0.2, 0) is 0 Å². The molecule has 0 aliphatic heterocycles. The molecule has 0 aliphatic carbocycles. The number of hydrogen-bond donors (Lipinski definition) is 0. The summed E-state index contributed by atoms with van der Waals surface area (Å²) in [5.41, 5.74) is 0.278. The summed E-state index contributed by atoms with van der Waals surface area (Å²) < 4.78 is 1.51. The number of aromatic nitrogens is 2. The maximum absolute atomic E-state index is 10.3. The Kier molecular flexibility index (Phi) is 3.15. The van der Waals surface area contributed by atoms with E-state index >= 15 is 0 Å². The maximum Gasteiger partial charge on any atom is 0.171 e. The Balaban J connectivity index is 3.31. The van der Waals surface area contributed by atoms with Gasteiger partial charge in [-0.05, 0) is 47.8 Å². The number of carbonyl (C=O) groups excluding carboxylic acids is 1. The normalized spacial score (nSPS) is 9.73. The average Bonchev–Trinajstić information content (AvgIpc) is 1.97.